The van der Waals surface area contributed by atoms with Gasteiger partial charge in [-0.3, -0.25) is 5.21 Å². The maximum atomic E-state index is 11.7. The second kappa shape index (κ2) is 7.16. The van der Waals surface area contributed by atoms with Crippen LogP contribution in [0.1, 0.15) is 6.92 Å². The number of urea groups is 1. The predicted octanol–water partition coefficient (Wildman–Crippen LogP) is 2.98. The van der Waals surface area contributed by atoms with Crippen molar-refractivity contribution in [2.24, 2.45) is 0 Å². The van der Waals surface area contributed by atoms with Crippen molar-refractivity contribution >= 4 is 11.7 Å². The Hall–Kier alpha value is -2.73. The van der Waals surface area contributed by atoms with Gasteiger partial charge in [-0.25, -0.2) is 4.79 Å². The lowest BCUT2D eigenvalue weighted by atomic mass is 10.3. The summed E-state index contributed by atoms with van der Waals surface area (Å²) in [4.78, 5) is 16.8. The average Bonchev–Trinajstić information content (AvgIpc) is 2.54. The van der Waals surface area contributed by atoms with E-state index < -0.39 is 6.03 Å². The van der Waals surface area contributed by atoms with E-state index in [1.165, 1.54) is 0 Å². The Morgan fingerprint density at radius 1 is 1.10 bits per heavy atom. The summed E-state index contributed by atoms with van der Waals surface area (Å²) in [5.41, 5.74) is 2.48. The van der Waals surface area contributed by atoms with E-state index in [0.717, 1.165) is 0 Å². The van der Waals surface area contributed by atoms with E-state index in [1.807, 2.05) is 6.92 Å². The third-order valence-electron chi connectivity index (χ3n) is 2.58. The van der Waals surface area contributed by atoms with E-state index >= 15 is 0 Å². The minimum atomic E-state index is -0.796. The molecule has 0 atom stereocenters. The minimum absolute atomic E-state index is 0.338. The molecule has 0 bridgehead atoms. The van der Waals surface area contributed by atoms with Crippen molar-refractivity contribution in [3.05, 3.63) is 54.6 Å². The summed E-state index contributed by atoms with van der Waals surface area (Å²) >= 11 is 0. The van der Waals surface area contributed by atoms with Gasteiger partial charge in [0.2, 0.25) is 0 Å². The van der Waals surface area contributed by atoms with Gasteiger partial charge in [-0.05, 0) is 43.3 Å². The summed E-state index contributed by atoms with van der Waals surface area (Å²) in [6.07, 6.45) is 0. The van der Waals surface area contributed by atoms with E-state index in [4.69, 9.17) is 9.57 Å². The number of hydrogen-bond acceptors (Lipinski definition) is 4. The molecule has 0 heterocycles. The molecule has 0 aromatic heterocycles. The smallest absolute Gasteiger partial charge is 0.379 e. The van der Waals surface area contributed by atoms with Gasteiger partial charge in [0, 0.05) is 0 Å². The number of nitrogens with zero attached hydrogens (tertiary/aromatic N) is 1. The minimum Gasteiger partial charge on any atom is -0.494 e. The van der Waals surface area contributed by atoms with Gasteiger partial charge >= 0.3 is 6.03 Å². The summed E-state index contributed by atoms with van der Waals surface area (Å²) in [6, 6.07) is 14.3. The van der Waals surface area contributed by atoms with Crippen molar-refractivity contribution in [2.75, 3.05) is 11.7 Å². The molecule has 6 heteroatoms. The summed E-state index contributed by atoms with van der Waals surface area (Å²) < 4.78 is 5.29. The number of para-hydroxylation sites is 1. The second-order valence-electron chi connectivity index (χ2n) is 4.06. The van der Waals surface area contributed by atoms with Crippen molar-refractivity contribution < 1.29 is 19.6 Å². The first-order valence-electron chi connectivity index (χ1n) is 6.44. The number of rotatable bonds is 5. The summed E-state index contributed by atoms with van der Waals surface area (Å²) in [6.45, 7) is 2.47. The average molecular weight is 288 g/mol. The number of ether oxygens (including phenoxy) is 1. The van der Waals surface area contributed by atoms with Crippen molar-refractivity contribution in [1.29, 1.82) is 0 Å². The third kappa shape index (κ3) is 4.12. The maximum Gasteiger partial charge on any atom is 0.379 e. The van der Waals surface area contributed by atoms with Crippen LogP contribution in [-0.2, 0) is 0 Å². The Bertz CT molecular complexity index is 572. The van der Waals surface area contributed by atoms with Gasteiger partial charge in [0.05, 0.1) is 12.3 Å². The van der Waals surface area contributed by atoms with Crippen LogP contribution >= 0.6 is 0 Å². The molecule has 0 saturated heterocycles. The van der Waals surface area contributed by atoms with E-state index in [0.29, 0.717) is 28.9 Å². The Labute approximate surface area is 122 Å². The SMILES string of the molecule is CCOc1ccc(ONC(=O)N(O)c2ccccc2)cc1. The molecule has 2 amide bonds. The molecule has 6 nitrogen and oxygen atoms in total. The molecule has 0 aliphatic rings. The topological polar surface area (TPSA) is 71.0 Å². The molecule has 0 saturated carbocycles. The van der Waals surface area contributed by atoms with Crippen LogP contribution in [0.3, 0.4) is 0 Å². The zero-order chi connectivity index (χ0) is 15.1. The fourth-order valence-corrected chi connectivity index (χ4v) is 1.60. The maximum absolute atomic E-state index is 11.7. The Balaban J connectivity index is 1.89. The van der Waals surface area contributed by atoms with Crippen LogP contribution in [0.2, 0.25) is 0 Å². The lowest BCUT2D eigenvalue weighted by Crippen LogP contribution is -2.39. The summed E-state index contributed by atoms with van der Waals surface area (Å²) in [7, 11) is 0. The molecule has 0 aliphatic carbocycles. The fourth-order valence-electron chi connectivity index (χ4n) is 1.60. The van der Waals surface area contributed by atoms with Crippen molar-refractivity contribution in [3.63, 3.8) is 0 Å². The number of hydrogen-bond donors (Lipinski definition) is 2. The molecule has 21 heavy (non-hydrogen) atoms. The predicted molar refractivity (Wildman–Crippen MR) is 77.5 cm³/mol. The van der Waals surface area contributed by atoms with Crippen LogP contribution < -0.4 is 20.1 Å². The summed E-state index contributed by atoms with van der Waals surface area (Å²) in [5, 5.41) is 10.2. The van der Waals surface area contributed by atoms with E-state index in [1.54, 1.807) is 54.6 Å². The molecule has 0 aliphatic heterocycles. The van der Waals surface area contributed by atoms with Crippen LogP contribution in [0.4, 0.5) is 10.5 Å². The quantitative estimate of drug-likeness (QED) is 0.655. The highest BCUT2D eigenvalue weighted by atomic mass is 16.7. The molecule has 0 spiro atoms. The first-order chi connectivity index (χ1) is 10.2. The van der Waals surface area contributed by atoms with Gasteiger partial charge in [0.1, 0.15) is 5.75 Å². The first kappa shape index (κ1) is 14.7. The van der Waals surface area contributed by atoms with Crippen LogP contribution in [0.5, 0.6) is 11.5 Å². The van der Waals surface area contributed by atoms with Gasteiger partial charge in [-0.1, -0.05) is 18.2 Å². The number of anilines is 1. The van der Waals surface area contributed by atoms with Gasteiger partial charge in [0.15, 0.2) is 5.75 Å². The lowest BCUT2D eigenvalue weighted by Gasteiger charge is -2.15. The Morgan fingerprint density at radius 3 is 2.33 bits per heavy atom. The Kier molecular flexibility index (Phi) is 5.00. The Morgan fingerprint density at radius 2 is 1.71 bits per heavy atom. The second-order valence-corrected chi connectivity index (χ2v) is 4.06. The molecule has 2 rings (SSSR count). The molecule has 2 N–H and O–H groups in total. The highest BCUT2D eigenvalue weighted by Crippen LogP contribution is 2.17. The first-order valence-corrected chi connectivity index (χ1v) is 6.44. The van der Waals surface area contributed by atoms with Gasteiger partial charge in [0.25, 0.3) is 0 Å². The number of carbonyl (C=O) groups excluding carboxylic acids is 1. The number of amides is 2. The molecular weight excluding hydrogens is 272 g/mol. The highest BCUT2D eigenvalue weighted by molar-refractivity contribution is 5.88. The number of nitrogens with one attached hydrogen (secondary N) is 1. The van der Waals surface area contributed by atoms with E-state index in [2.05, 4.69) is 5.48 Å². The largest absolute Gasteiger partial charge is 0.494 e. The third-order valence-corrected chi connectivity index (χ3v) is 2.58. The molecular formula is C15H16N2O4. The van der Waals surface area contributed by atoms with Crippen LogP contribution in [0.15, 0.2) is 54.6 Å². The van der Waals surface area contributed by atoms with Gasteiger partial charge in [-0.2, -0.15) is 10.5 Å². The van der Waals surface area contributed by atoms with Crippen molar-refractivity contribution in [1.82, 2.24) is 5.48 Å². The standard InChI is InChI=1S/C15H16N2O4/c1-2-20-13-8-10-14(11-9-13)21-16-15(18)17(19)12-6-4-3-5-7-12/h3-11,19H,2H2,1H3,(H,16,18). The highest BCUT2D eigenvalue weighted by Gasteiger charge is 2.13. The lowest BCUT2D eigenvalue weighted by molar-refractivity contribution is 0.154. The number of carbonyl (C=O) groups is 1. The monoisotopic (exact) mass is 288 g/mol. The number of benzene rings is 2. The van der Waals surface area contributed by atoms with Crippen molar-refractivity contribution in [2.45, 2.75) is 6.92 Å². The zero-order valence-electron chi connectivity index (χ0n) is 11.5. The molecule has 0 radical (unpaired) electrons. The normalized spacial score (nSPS) is 9.81. The molecule has 110 valence electrons. The van der Waals surface area contributed by atoms with Gasteiger partial charge < -0.3 is 9.57 Å². The summed E-state index contributed by atoms with van der Waals surface area (Å²) in [5.74, 6) is 1.14. The molecule has 2 aromatic rings. The van der Waals surface area contributed by atoms with E-state index in [-0.39, 0.29) is 0 Å². The zero-order valence-corrected chi connectivity index (χ0v) is 11.5. The van der Waals surface area contributed by atoms with Crippen molar-refractivity contribution in [3.8, 4) is 11.5 Å². The van der Waals surface area contributed by atoms with E-state index in [9.17, 15) is 10.0 Å². The van der Waals surface area contributed by atoms with Crippen LogP contribution in [-0.4, -0.2) is 17.8 Å². The van der Waals surface area contributed by atoms with Crippen LogP contribution in [0.25, 0.3) is 0 Å². The molecule has 0 fully saturated rings. The fraction of sp³-hybridized carbons (Fsp3) is 0.133. The molecule has 0 unspecified atom stereocenters. The van der Waals surface area contributed by atoms with Crippen LogP contribution in [0, 0.1) is 0 Å². The number of hydroxylamine groups is 2. The van der Waals surface area contributed by atoms with Gasteiger partial charge in [-0.15, -0.1) is 0 Å². The molecule has 2 aromatic carbocycles.